The molecule has 1 atom stereocenters. The minimum Gasteiger partial charge on any atom is -0.380 e. The highest BCUT2D eigenvalue weighted by Gasteiger charge is 2.61. The smallest absolute Gasteiger partial charge is 0.380 e. The maximum atomic E-state index is 13.0. The van der Waals surface area contributed by atoms with Crippen LogP contribution >= 0.6 is 0 Å². The molecule has 2 saturated carbocycles. The highest BCUT2D eigenvalue weighted by molar-refractivity contribution is 5.81. The molecule has 1 spiro atoms. The van der Waals surface area contributed by atoms with Gasteiger partial charge in [-0.25, -0.2) is 0 Å². The number of piperidine rings is 1. The van der Waals surface area contributed by atoms with Gasteiger partial charge in [0.05, 0.1) is 5.41 Å². The van der Waals surface area contributed by atoms with E-state index in [-0.39, 0.29) is 24.3 Å². The van der Waals surface area contributed by atoms with Gasteiger partial charge in [0, 0.05) is 5.54 Å². The van der Waals surface area contributed by atoms with Crippen LogP contribution in [0.2, 0.25) is 0 Å². The lowest BCUT2D eigenvalue weighted by atomic mass is 9.59. The van der Waals surface area contributed by atoms with Crippen LogP contribution in [-0.2, 0) is 4.79 Å². The van der Waals surface area contributed by atoms with Crippen molar-refractivity contribution in [1.82, 2.24) is 5.32 Å². The Morgan fingerprint density at radius 1 is 1.14 bits per heavy atom. The van der Waals surface area contributed by atoms with Crippen molar-refractivity contribution >= 4 is 5.91 Å². The van der Waals surface area contributed by atoms with E-state index in [9.17, 15) is 23.1 Å². The molecule has 2 aliphatic carbocycles. The molecule has 1 heterocycles. The summed E-state index contributed by atoms with van der Waals surface area (Å²) >= 11 is 0. The number of halogens is 3. The first-order valence-electron chi connectivity index (χ1n) is 7.97. The SMILES string of the molecule is NC(=O)C1(C2CCNC3(CC3)C2)CCC(O)(C(F)(F)F)CC1. The van der Waals surface area contributed by atoms with Gasteiger partial charge in [-0.2, -0.15) is 13.2 Å². The van der Waals surface area contributed by atoms with E-state index in [0.29, 0.717) is 0 Å². The predicted octanol–water partition coefficient (Wildman–Crippen LogP) is 1.86. The van der Waals surface area contributed by atoms with Crippen LogP contribution in [0, 0.1) is 11.3 Å². The first-order chi connectivity index (χ1) is 10.1. The van der Waals surface area contributed by atoms with Gasteiger partial charge in [-0.05, 0) is 63.8 Å². The fourth-order valence-electron chi connectivity index (χ4n) is 4.41. The Kier molecular flexibility index (Phi) is 3.53. The molecule has 4 nitrogen and oxygen atoms in total. The number of nitrogens with two attached hydrogens (primary N) is 1. The van der Waals surface area contributed by atoms with Crippen LogP contribution in [0.15, 0.2) is 0 Å². The number of carbonyl (C=O) groups is 1. The first kappa shape index (κ1) is 16.1. The molecule has 126 valence electrons. The van der Waals surface area contributed by atoms with Crippen molar-refractivity contribution in [2.24, 2.45) is 17.1 Å². The second-order valence-electron chi connectivity index (χ2n) is 7.45. The topological polar surface area (TPSA) is 75.4 Å². The molecular formula is C15H23F3N2O2. The van der Waals surface area contributed by atoms with Gasteiger partial charge in [0.1, 0.15) is 0 Å². The van der Waals surface area contributed by atoms with E-state index in [1.54, 1.807) is 0 Å². The minimum absolute atomic E-state index is 0.0199. The fourth-order valence-corrected chi connectivity index (χ4v) is 4.41. The number of amides is 1. The number of hydrogen-bond acceptors (Lipinski definition) is 3. The van der Waals surface area contributed by atoms with Crippen LogP contribution in [-0.4, -0.2) is 34.9 Å². The molecule has 1 unspecified atom stereocenters. The molecule has 3 fully saturated rings. The molecule has 3 rings (SSSR count). The number of aliphatic hydroxyl groups is 1. The van der Waals surface area contributed by atoms with Gasteiger partial charge in [0.15, 0.2) is 5.60 Å². The summed E-state index contributed by atoms with van der Waals surface area (Å²) in [6, 6.07) is 0. The van der Waals surface area contributed by atoms with E-state index in [4.69, 9.17) is 5.73 Å². The van der Waals surface area contributed by atoms with E-state index in [1.165, 1.54) is 0 Å². The summed E-state index contributed by atoms with van der Waals surface area (Å²) in [6.07, 6.45) is -1.78. The normalized spacial score (nSPS) is 41.4. The molecule has 0 aromatic heterocycles. The van der Waals surface area contributed by atoms with Gasteiger partial charge >= 0.3 is 6.18 Å². The maximum Gasteiger partial charge on any atom is 0.417 e. The lowest BCUT2D eigenvalue weighted by Gasteiger charge is -2.49. The van der Waals surface area contributed by atoms with Crippen LogP contribution in [0.3, 0.4) is 0 Å². The van der Waals surface area contributed by atoms with Crippen molar-refractivity contribution in [1.29, 1.82) is 0 Å². The lowest BCUT2D eigenvalue weighted by molar-refractivity contribution is -0.276. The summed E-state index contributed by atoms with van der Waals surface area (Å²) in [5.74, 6) is -0.481. The Labute approximate surface area is 127 Å². The fraction of sp³-hybridized carbons (Fsp3) is 0.933. The Morgan fingerprint density at radius 2 is 1.73 bits per heavy atom. The summed E-state index contributed by atoms with van der Waals surface area (Å²) in [7, 11) is 0. The second-order valence-corrected chi connectivity index (χ2v) is 7.45. The standard InChI is InChI=1S/C15H23F3N2O2/c16-15(17,18)14(22)6-4-13(5-7-14,11(19)21)10-1-8-20-12(9-10)2-3-12/h10,20,22H,1-9H2,(H2,19,21). The number of rotatable bonds is 2. The summed E-state index contributed by atoms with van der Waals surface area (Å²) in [4.78, 5) is 12.1. The predicted molar refractivity (Wildman–Crippen MR) is 73.8 cm³/mol. The van der Waals surface area contributed by atoms with Crippen molar-refractivity contribution < 1.29 is 23.1 Å². The molecule has 0 aromatic rings. The largest absolute Gasteiger partial charge is 0.417 e. The molecule has 0 aromatic carbocycles. The van der Waals surface area contributed by atoms with E-state index >= 15 is 0 Å². The zero-order valence-corrected chi connectivity index (χ0v) is 12.5. The molecule has 4 N–H and O–H groups in total. The first-order valence-corrected chi connectivity index (χ1v) is 7.97. The summed E-state index contributed by atoms with van der Waals surface area (Å²) in [5.41, 5.74) is 2.14. The average Bonchev–Trinajstić information content (AvgIpc) is 3.17. The zero-order chi connectivity index (χ0) is 16.2. The maximum absolute atomic E-state index is 13.0. The third-order valence-corrected chi connectivity index (χ3v) is 6.25. The van der Waals surface area contributed by atoms with Crippen molar-refractivity contribution in [3.05, 3.63) is 0 Å². The van der Waals surface area contributed by atoms with Gasteiger partial charge in [0.25, 0.3) is 0 Å². The third-order valence-electron chi connectivity index (χ3n) is 6.25. The average molecular weight is 320 g/mol. The minimum atomic E-state index is -4.65. The Hall–Kier alpha value is -0.820. The van der Waals surface area contributed by atoms with Crippen molar-refractivity contribution in [2.45, 2.75) is 68.7 Å². The van der Waals surface area contributed by atoms with Crippen molar-refractivity contribution in [3.8, 4) is 0 Å². The summed E-state index contributed by atoms with van der Waals surface area (Å²) < 4.78 is 38.9. The number of primary amides is 1. The van der Waals surface area contributed by atoms with Crippen LogP contribution in [0.1, 0.15) is 51.4 Å². The lowest BCUT2D eigenvalue weighted by Crippen LogP contribution is -2.57. The molecule has 1 aliphatic heterocycles. The van der Waals surface area contributed by atoms with Gasteiger partial charge < -0.3 is 16.2 Å². The van der Waals surface area contributed by atoms with Gasteiger partial charge in [-0.3, -0.25) is 4.79 Å². The van der Waals surface area contributed by atoms with Crippen LogP contribution in [0.25, 0.3) is 0 Å². The van der Waals surface area contributed by atoms with E-state index in [0.717, 1.165) is 32.2 Å². The Morgan fingerprint density at radius 3 is 2.18 bits per heavy atom. The quantitative estimate of drug-likeness (QED) is 0.727. The molecule has 0 bridgehead atoms. The van der Waals surface area contributed by atoms with Crippen LogP contribution in [0.4, 0.5) is 13.2 Å². The van der Waals surface area contributed by atoms with Crippen molar-refractivity contribution in [2.75, 3.05) is 6.54 Å². The van der Waals surface area contributed by atoms with Gasteiger partial charge in [0.2, 0.25) is 5.91 Å². The molecule has 1 amide bonds. The van der Waals surface area contributed by atoms with E-state index in [1.807, 2.05) is 0 Å². The molecule has 22 heavy (non-hydrogen) atoms. The zero-order valence-electron chi connectivity index (χ0n) is 12.5. The number of alkyl halides is 3. The van der Waals surface area contributed by atoms with Gasteiger partial charge in [-0.15, -0.1) is 0 Å². The molecule has 1 saturated heterocycles. The number of carbonyl (C=O) groups excluding carboxylic acids is 1. The Bertz CT molecular complexity index is 466. The summed E-state index contributed by atoms with van der Waals surface area (Å²) in [5, 5.41) is 13.3. The molecule has 0 radical (unpaired) electrons. The highest BCUT2D eigenvalue weighted by Crippen LogP contribution is 2.56. The third kappa shape index (κ3) is 2.42. The molecule has 7 heteroatoms. The second kappa shape index (κ2) is 4.84. The number of hydrogen-bond donors (Lipinski definition) is 3. The molecular weight excluding hydrogens is 297 g/mol. The van der Waals surface area contributed by atoms with Gasteiger partial charge in [-0.1, -0.05) is 0 Å². The van der Waals surface area contributed by atoms with Crippen LogP contribution < -0.4 is 11.1 Å². The highest BCUT2D eigenvalue weighted by atomic mass is 19.4. The Balaban J connectivity index is 1.78. The number of nitrogens with one attached hydrogen (secondary N) is 1. The monoisotopic (exact) mass is 320 g/mol. The van der Waals surface area contributed by atoms with E-state index < -0.39 is 35.9 Å². The van der Waals surface area contributed by atoms with Crippen molar-refractivity contribution in [3.63, 3.8) is 0 Å². The van der Waals surface area contributed by atoms with E-state index in [2.05, 4.69) is 5.32 Å². The summed E-state index contributed by atoms with van der Waals surface area (Å²) in [6.45, 7) is 0.781. The molecule has 3 aliphatic rings. The van der Waals surface area contributed by atoms with Crippen LogP contribution in [0.5, 0.6) is 0 Å².